The van der Waals surface area contributed by atoms with E-state index in [0.29, 0.717) is 16.9 Å². The van der Waals surface area contributed by atoms with Gasteiger partial charge in [0.05, 0.1) is 5.56 Å². The van der Waals surface area contributed by atoms with Gasteiger partial charge in [0.1, 0.15) is 11.5 Å². The van der Waals surface area contributed by atoms with Crippen molar-refractivity contribution < 1.29 is 9.21 Å². The van der Waals surface area contributed by atoms with Gasteiger partial charge in [-0.25, -0.2) is 0 Å². The topological polar surface area (TPSA) is 43.1 Å². The van der Waals surface area contributed by atoms with Gasteiger partial charge in [-0.3, -0.25) is 9.78 Å². The van der Waals surface area contributed by atoms with Crippen molar-refractivity contribution in [2.75, 3.05) is 0 Å². The molecule has 0 aliphatic rings. The van der Waals surface area contributed by atoms with Gasteiger partial charge in [-0.1, -0.05) is 0 Å². The Morgan fingerprint density at radius 2 is 1.82 bits per heavy atom. The molecule has 0 unspecified atom stereocenters. The van der Waals surface area contributed by atoms with E-state index in [2.05, 4.69) is 4.98 Å². The highest BCUT2D eigenvalue weighted by Crippen LogP contribution is 2.23. The summed E-state index contributed by atoms with van der Waals surface area (Å²) in [7, 11) is 0. The van der Waals surface area contributed by atoms with Crippen molar-refractivity contribution in [3.05, 3.63) is 52.2 Å². The zero-order valence-corrected chi connectivity index (χ0v) is 10.5. The van der Waals surface area contributed by atoms with Gasteiger partial charge < -0.3 is 4.42 Å². The molecule has 0 saturated heterocycles. The normalized spacial score (nSPS) is 10.6. The van der Waals surface area contributed by atoms with Crippen LogP contribution in [0.25, 0.3) is 0 Å². The highest BCUT2D eigenvalue weighted by Gasteiger charge is 2.20. The second-order valence-electron chi connectivity index (χ2n) is 4.29. The van der Waals surface area contributed by atoms with Gasteiger partial charge in [0.25, 0.3) is 0 Å². The molecule has 0 aromatic carbocycles. The number of furan rings is 1. The number of hydrogen-bond donors (Lipinski definition) is 0. The number of pyridine rings is 1. The van der Waals surface area contributed by atoms with Crippen molar-refractivity contribution >= 4 is 5.78 Å². The van der Waals surface area contributed by atoms with E-state index in [1.54, 1.807) is 12.4 Å². The first kappa shape index (κ1) is 11.6. The molecule has 17 heavy (non-hydrogen) atoms. The van der Waals surface area contributed by atoms with E-state index in [1.165, 1.54) is 0 Å². The second-order valence-corrected chi connectivity index (χ2v) is 4.29. The molecule has 0 spiro atoms. The van der Waals surface area contributed by atoms with E-state index in [-0.39, 0.29) is 5.78 Å². The number of carbonyl (C=O) groups is 1. The largest absolute Gasteiger partial charge is 0.466 e. The van der Waals surface area contributed by atoms with Crippen molar-refractivity contribution in [1.29, 1.82) is 0 Å². The lowest BCUT2D eigenvalue weighted by Crippen LogP contribution is -2.04. The summed E-state index contributed by atoms with van der Waals surface area (Å²) in [6.45, 7) is 7.51. The highest BCUT2D eigenvalue weighted by atomic mass is 16.3. The molecule has 0 radical (unpaired) electrons. The van der Waals surface area contributed by atoms with Crippen molar-refractivity contribution in [1.82, 2.24) is 4.98 Å². The molecule has 0 aliphatic heterocycles. The van der Waals surface area contributed by atoms with Crippen LogP contribution in [-0.4, -0.2) is 10.8 Å². The van der Waals surface area contributed by atoms with Gasteiger partial charge in [-0.2, -0.15) is 0 Å². The predicted molar refractivity (Wildman–Crippen MR) is 65.3 cm³/mol. The molecule has 3 nitrogen and oxygen atoms in total. The molecule has 2 heterocycles. The molecule has 0 atom stereocenters. The average molecular weight is 229 g/mol. The quantitative estimate of drug-likeness (QED) is 0.743. The van der Waals surface area contributed by atoms with Gasteiger partial charge >= 0.3 is 0 Å². The molecule has 0 saturated carbocycles. The van der Waals surface area contributed by atoms with Gasteiger partial charge in [0, 0.05) is 23.5 Å². The van der Waals surface area contributed by atoms with E-state index < -0.39 is 0 Å². The minimum Gasteiger partial charge on any atom is -0.466 e. The van der Waals surface area contributed by atoms with Crippen molar-refractivity contribution in [2.24, 2.45) is 0 Å². The van der Waals surface area contributed by atoms with Crippen LogP contribution in [0.3, 0.4) is 0 Å². The summed E-state index contributed by atoms with van der Waals surface area (Å²) in [5.74, 6) is 1.45. The Hall–Kier alpha value is -1.90. The Bertz CT molecular complexity index is 582. The Morgan fingerprint density at radius 1 is 1.12 bits per heavy atom. The highest BCUT2D eigenvalue weighted by molar-refractivity contribution is 6.10. The van der Waals surface area contributed by atoms with E-state index in [1.807, 2.05) is 33.8 Å². The van der Waals surface area contributed by atoms with Crippen LogP contribution in [0.15, 0.2) is 22.9 Å². The standard InChI is InChI=1S/C14H15NO2/c1-8-5-12(7-15-6-8)14(16)13-9(2)10(3)17-11(13)4/h5-7H,1-4H3. The maximum atomic E-state index is 12.4. The van der Waals surface area contributed by atoms with Crippen LogP contribution in [0, 0.1) is 27.7 Å². The minimum atomic E-state index is -0.0203. The lowest BCUT2D eigenvalue weighted by Gasteiger charge is -2.01. The van der Waals surface area contributed by atoms with E-state index in [9.17, 15) is 4.79 Å². The molecule has 0 amide bonds. The number of hydrogen-bond acceptors (Lipinski definition) is 3. The van der Waals surface area contributed by atoms with Crippen LogP contribution in [0.5, 0.6) is 0 Å². The van der Waals surface area contributed by atoms with Crippen LogP contribution < -0.4 is 0 Å². The average Bonchev–Trinajstić information content (AvgIpc) is 2.52. The smallest absolute Gasteiger partial charge is 0.198 e. The van der Waals surface area contributed by atoms with Crippen LogP contribution in [-0.2, 0) is 0 Å². The van der Waals surface area contributed by atoms with E-state index in [0.717, 1.165) is 16.9 Å². The molecule has 0 fully saturated rings. The van der Waals surface area contributed by atoms with E-state index >= 15 is 0 Å². The molecule has 3 heteroatoms. The summed E-state index contributed by atoms with van der Waals surface area (Å²) in [6, 6.07) is 1.84. The summed E-state index contributed by atoms with van der Waals surface area (Å²) >= 11 is 0. The summed E-state index contributed by atoms with van der Waals surface area (Å²) in [5, 5.41) is 0. The number of ketones is 1. The Kier molecular flexibility index (Phi) is 2.84. The first-order chi connectivity index (χ1) is 8.00. The van der Waals surface area contributed by atoms with Crippen LogP contribution >= 0.6 is 0 Å². The SMILES string of the molecule is Cc1cncc(C(=O)c2c(C)oc(C)c2C)c1. The Balaban J connectivity index is 2.51. The molecule has 2 aromatic rings. The van der Waals surface area contributed by atoms with Crippen molar-refractivity contribution in [2.45, 2.75) is 27.7 Å². The van der Waals surface area contributed by atoms with Crippen molar-refractivity contribution in [3.8, 4) is 0 Å². The fourth-order valence-corrected chi connectivity index (χ4v) is 1.95. The van der Waals surface area contributed by atoms with Gasteiger partial charge in [-0.05, 0) is 39.3 Å². The lowest BCUT2D eigenvalue weighted by atomic mass is 10.0. The van der Waals surface area contributed by atoms with Crippen molar-refractivity contribution in [3.63, 3.8) is 0 Å². The number of rotatable bonds is 2. The molecule has 2 aromatic heterocycles. The zero-order valence-electron chi connectivity index (χ0n) is 10.5. The van der Waals surface area contributed by atoms with Crippen LogP contribution in [0.2, 0.25) is 0 Å². The molecule has 88 valence electrons. The lowest BCUT2D eigenvalue weighted by molar-refractivity contribution is 0.103. The third-order valence-corrected chi connectivity index (χ3v) is 2.93. The second kappa shape index (κ2) is 4.17. The maximum absolute atomic E-state index is 12.4. The van der Waals surface area contributed by atoms with Gasteiger partial charge in [-0.15, -0.1) is 0 Å². The van der Waals surface area contributed by atoms with Crippen LogP contribution in [0.4, 0.5) is 0 Å². The maximum Gasteiger partial charge on any atom is 0.198 e. The fraction of sp³-hybridized carbons (Fsp3) is 0.286. The third-order valence-electron chi connectivity index (χ3n) is 2.93. The van der Waals surface area contributed by atoms with Crippen LogP contribution in [0.1, 0.15) is 38.6 Å². The molecule has 0 bridgehead atoms. The number of carbonyl (C=O) groups excluding carboxylic acids is 1. The molecule has 2 rings (SSSR count). The first-order valence-corrected chi connectivity index (χ1v) is 5.53. The monoisotopic (exact) mass is 229 g/mol. The first-order valence-electron chi connectivity index (χ1n) is 5.53. The molecular formula is C14H15NO2. The summed E-state index contributed by atoms with van der Waals surface area (Å²) in [6.07, 6.45) is 3.33. The molecular weight excluding hydrogens is 214 g/mol. The predicted octanol–water partition coefficient (Wildman–Crippen LogP) is 3.14. The fourth-order valence-electron chi connectivity index (χ4n) is 1.95. The summed E-state index contributed by atoms with van der Waals surface area (Å²) in [5.41, 5.74) is 3.16. The van der Waals surface area contributed by atoms with Gasteiger partial charge in [0.15, 0.2) is 5.78 Å². The zero-order chi connectivity index (χ0) is 12.6. The number of aromatic nitrogens is 1. The number of aryl methyl sites for hydroxylation is 3. The third kappa shape index (κ3) is 2.00. The Morgan fingerprint density at radius 3 is 2.35 bits per heavy atom. The van der Waals surface area contributed by atoms with E-state index in [4.69, 9.17) is 4.42 Å². The van der Waals surface area contributed by atoms with Gasteiger partial charge in [0.2, 0.25) is 0 Å². The molecule has 0 aliphatic carbocycles. The summed E-state index contributed by atoms with van der Waals surface area (Å²) < 4.78 is 5.48. The summed E-state index contributed by atoms with van der Waals surface area (Å²) in [4.78, 5) is 16.4. The Labute approximate surface area is 100 Å². The molecule has 0 N–H and O–H groups in total. The number of nitrogens with zero attached hydrogens (tertiary/aromatic N) is 1. The minimum absolute atomic E-state index is 0.0203.